The Labute approximate surface area is 165 Å². The second-order valence-electron chi connectivity index (χ2n) is 7.11. The predicted octanol–water partition coefficient (Wildman–Crippen LogP) is 2.40. The minimum Gasteiger partial charge on any atom is -0.373 e. The number of rotatable bonds is 7. The summed E-state index contributed by atoms with van der Waals surface area (Å²) < 4.78 is 0. The molecule has 1 aromatic carbocycles. The van der Waals surface area contributed by atoms with Crippen molar-refractivity contribution in [3.05, 3.63) is 53.5 Å². The van der Waals surface area contributed by atoms with E-state index in [0.717, 1.165) is 11.3 Å². The molecule has 148 valence electrons. The van der Waals surface area contributed by atoms with Gasteiger partial charge in [-0.1, -0.05) is 37.3 Å². The largest absolute Gasteiger partial charge is 0.373 e. The molecule has 2 amide bonds. The molecule has 7 nitrogen and oxygen atoms in total. The van der Waals surface area contributed by atoms with Crippen molar-refractivity contribution in [1.82, 2.24) is 19.8 Å². The highest BCUT2D eigenvalue weighted by molar-refractivity contribution is 5.79. The van der Waals surface area contributed by atoms with E-state index < -0.39 is 0 Å². The van der Waals surface area contributed by atoms with Gasteiger partial charge >= 0.3 is 0 Å². The van der Waals surface area contributed by atoms with Crippen molar-refractivity contribution in [3.8, 4) is 0 Å². The highest BCUT2D eigenvalue weighted by Gasteiger charge is 2.32. The topological polar surface area (TPSA) is 78.4 Å². The van der Waals surface area contributed by atoms with Crippen LogP contribution in [0.15, 0.2) is 36.4 Å². The molecule has 7 heteroatoms. The van der Waals surface area contributed by atoms with Crippen molar-refractivity contribution < 1.29 is 9.59 Å². The molecule has 1 fully saturated rings. The standard InChI is InChI=1S/C21H27N5O2/c1-4-20(27)25(3)14-19-23-17(11-18(22-2)24-19)16-10-21(28)26(13-16)12-15-8-6-5-7-9-15/h5-9,11,16H,4,10,12-14H2,1-3H3,(H,22,23,24)/t16-/m1/s1. The molecule has 0 spiro atoms. The lowest BCUT2D eigenvalue weighted by atomic mass is 10.0. The molecule has 1 atom stereocenters. The monoisotopic (exact) mass is 381 g/mol. The molecular formula is C21H27N5O2. The lowest BCUT2D eigenvalue weighted by molar-refractivity contribution is -0.130. The first-order chi connectivity index (χ1) is 13.5. The molecule has 0 radical (unpaired) electrons. The van der Waals surface area contributed by atoms with Crippen LogP contribution in [0.3, 0.4) is 0 Å². The fourth-order valence-electron chi connectivity index (χ4n) is 3.42. The highest BCUT2D eigenvalue weighted by Crippen LogP contribution is 2.29. The van der Waals surface area contributed by atoms with E-state index in [4.69, 9.17) is 0 Å². The van der Waals surface area contributed by atoms with Gasteiger partial charge in [-0.3, -0.25) is 9.59 Å². The number of carbonyl (C=O) groups excluding carboxylic acids is 2. The van der Waals surface area contributed by atoms with Crippen molar-refractivity contribution in [3.63, 3.8) is 0 Å². The van der Waals surface area contributed by atoms with Crippen LogP contribution in [-0.2, 0) is 22.7 Å². The molecule has 28 heavy (non-hydrogen) atoms. The molecular weight excluding hydrogens is 354 g/mol. The molecule has 0 aliphatic carbocycles. The average molecular weight is 381 g/mol. The van der Waals surface area contributed by atoms with Gasteiger partial charge in [0.2, 0.25) is 11.8 Å². The fraction of sp³-hybridized carbons (Fsp3) is 0.429. The van der Waals surface area contributed by atoms with E-state index in [9.17, 15) is 9.59 Å². The van der Waals surface area contributed by atoms with Crippen LogP contribution >= 0.6 is 0 Å². The van der Waals surface area contributed by atoms with E-state index in [1.807, 2.05) is 48.2 Å². The molecule has 1 aliphatic heterocycles. The Bertz CT molecular complexity index is 840. The molecule has 1 aromatic heterocycles. The zero-order valence-electron chi connectivity index (χ0n) is 16.7. The molecule has 1 N–H and O–H groups in total. The number of carbonyl (C=O) groups is 2. The maximum absolute atomic E-state index is 12.5. The number of nitrogens with zero attached hydrogens (tertiary/aromatic N) is 4. The predicted molar refractivity (Wildman–Crippen MR) is 108 cm³/mol. The first-order valence-corrected chi connectivity index (χ1v) is 9.61. The van der Waals surface area contributed by atoms with Gasteiger partial charge in [-0.15, -0.1) is 0 Å². The van der Waals surface area contributed by atoms with Gasteiger partial charge in [0.1, 0.15) is 11.6 Å². The lowest BCUT2D eigenvalue weighted by Gasteiger charge is -2.18. The molecule has 1 saturated heterocycles. The minimum atomic E-state index is 0.0252. The maximum Gasteiger partial charge on any atom is 0.223 e. The molecule has 0 saturated carbocycles. The number of anilines is 1. The van der Waals surface area contributed by atoms with E-state index in [0.29, 0.717) is 44.1 Å². The van der Waals surface area contributed by atoms with Crippen LogP contribution in [0.1, 0.15) is 42.8 Å². The van der Waals surface area contributed by atoms with E-state index >= 15 is 0 Å². The smallest absolute Gasteiger partial charge is 0.223 e. The van der Waals surface area contributed by atoms with Crippen LogP contribution in [0.4, 0.5) is 5.82 Å². The molecule has 0 bridgehead atoms. The number of hydrogen-bond donors (Lipinski definition) is 1. The fourth-order valence-corrected chi connectivity index (χ4v) is 3.42. The molecule has 2 heterocycles. The van der Waals surface area contributed by atoms with Gasteiger partial charge in [-0.25, -0.2) is 9.97 Å². The van der Waals surface area contributed by atoms with Gasteiger partial charge < -0.3 is 15.1 Å². The summed E-state index contributed by atoms with van der Waals surface area (Å²) in [5, 5.41) is 3.06. The minimum absolute atomic E-state index is 0.0252. The van der Waals surface area contributed by atoms with E-state index in [1.54, 1.807) is 19.0 Å². The second-order valence-corrected chi connectivity index (χ2v) is 7.11. The molecule has 3 rings (SSSR count). The van der Waals surface area contributed by atoms with Gasteiger partial charge in [-0.2, -0.15) is 0 Å². The number of aromatic nitrogens is 2. The number of nitrogens with one attached hydrogen (secondary N) is 1. The van der Waals surface area contributed by atoms with Crippen LogP contribution in [0.5, 0.6) is 0 Å². The zero-order valence-corrected chi connectivity index (χ0v) is 16.7. The second kappa shape index (κ2) is 8.82. The average Bonchev–Trinajstić information content (AvgIpc) is 3.08. The van der Waals surface area contributed by atoms with Crippen molar-refractivity contribution in [1.29, 1.82) is 0 Å². The van der Waals surface area contributed by atoms with Gasteiger partial charge in [0.05, 0.1) is 12.2 Å². The Morgan fingerprint density at radius 1 is 1.29 bits per heavy atom. The third-order valence-corrected chi connectivity index (χ3v) is 5.00. The zero-order chi connectivity index (χ0) is 20.1. The summed E-state index contributed by atoms with van der Waals surface area (Å²) in [7, 11) is 3.56. The number of benzene rings is 1. The SMILES string of the molecule is CCC(=O)N(C)Cc1nc(NC)cc([C@@H]2CC(=O)N(Cc3ccccc3)C2)n1. The third-order valence-electron chi connectivity index (χ3n) is 5.00. The molecule has 1 aliphatic rings. The Balaban J connectivity index is 1.76. The third kappa shape index (κ3) is 4.65. The summed E-state index contributed by atoms with van der Waals surface area (Å²) >= 11 is 0. The molecule has 0 unspecified atom stereocenters. The van der Waals surface area contributed by atoms with Crippen LogP contribution in [0.25, 0.3) is 0 Å². The van der Waals surface area contributed by atoms with Crippen LogP contribution in [0.2, 0.25) is 0 Å². The number of likely N-dealkylation sites (tertiary alicyclic amines) is 1. The van der Waals surface area contributed by atoms with E-state index in [1.165, 1.54) is 0 Å². The summed E-state index contributed by atoms with van der Waals surface area (Å²) in [6, 6.07) is 11.9. The van der Waals surface area contributed by atoms with Gasteiger partial charge in [0, 0.05) is 52.0 Å². The van der Waals surface area contributed by atoms with Crippen LogP contribution < -0.4 is 5.32 Å². The van der Waals surface area contributed by atoms with Crippen LogP contribution in [-0.4, -0.2) is 52.2 Å². The Kier molecular flexibility index (Phi) is 6.23. The van der Waals surface area contributed by atoms with Gasteiger partial charge in [0.15, 0.2) is 0 Å². The summed E-state index contributed by atoms with van der Waals surface area (Å²) in [5.41, 5.74) is 1.96. The van der Waals surface area contributed by atoms with Crippen molar-refractivity contribution in [2.24, 2.45) is 0 Å². The molecule has 2 aromatic rings. The van der Waals surface area contributed by atoms with Gasteiger partial charge in [0.25, 0.3) is 0 Å². The van der Waals surface area contributed by atoms with Crippen LogP contribution in [0, 0.1) is 0 Å². The van der Waals surface area contributed by atoms with Gasteiger partial charge in [-0.05, 0) is 5.56 Å². The van der Waals surface area contributed by atoms with E-state index in [2.05, 4.69) is 15.3 Å². The quantitative estimate of drug-likeness (QED) is 0.797. The number of hydrogen-bond acceptors (Lipinski definition) is 5. The Morgan fingerprint density at radius 2 is 2.04 bits per heavy atom. The van der Waals surface area contributed by atoms with Crippen molar-refractivity contribution in [2.45, 2.75) is 38.8 Å². The maximum atomic E-state index is 12.5. The Morgan fingerprint density at radius 3 is 2.71 bits per heavy atom. The summed E-state index contributed by atoms with van der Waals surface area (Å²) in [5.74, 6) is 1.49. The van der Waals surface area contributed by atoms with Crippen molar-refractivity contribution >= 4 is 17.6 Å². The normalized spacial score (nSPS) is 16.3. The summed E-state index contributed by atoms with van der Waals surface area (Å²) in [6.45, 7) is 3.43. The highest BCUT2D eigenvalue weighted by atomic mass is 16.2. The lowest BCUT2D eigenvalue weighted by Crippen LogP contribution is -2.27. The van der Waals surface area contributed by atoms with E-state index in [-0.39, 0.29) is 17.7 Å². The summed E-state index contributed by atoms with van der Waals surface area (Å²) in [4.78, 5) is 37.0. The first-order valence-electron chi connectivity index (χ1n) is 9.61. The summed E-state index contributed by atoms with van der Waals surface area (Å²) in [6.07, 6.45) is 0.886. The van der Waals surface area contributed by atoms with Crippen molar-refractivity contribution in [2.75, 3.05) is 26.0 Å². The first kappa shape index (κ1) is 19.8. The Hall–Kier alpha value is -2.96. The number of amides is 2.